The number of rotatable bonds is 4. The second-order valence-electron chi connectivity index (χ2n) is 8.31. The van der Waals surface area contributed by atoms with E-state index in [1.807, 2.05) is 11.0 Å². The fourth-order valence-electron chi connectivity index (χ4n) is 4.35. The Morgan fingerprint density at radius 1 is 1.28 bits per heavy atom. The molecule has 10 heteroatoms. The van der Waals surface area contributed by atoms with Gasteiger partial charge in [-0.25, -0.2) is 4.39 Å². The van der Waals surface area contributed by atoms with E-state index in [1.54, 1.807) is 18.2 Å². The number of alkyl halides is 4. The van der Waals surface area contributed by atoms with Gasteiger partial charge in [-0.05, 0) is 31.0 Å². The minimum absolute atomic E-state index is 0.0374. The second-order valence-corrected chi connectivity index (χ2v) is 8.31. The normalized spacial score (nSPS) is 22.8. The lowest BCUT2D eigenvalue weighted by Crippen LogP contribution is -2.46. The van der Waals surface area contributed by atoms with E-state index in [9.17, 15) is 22.4 Å². The minimum Gasteiger partial charge on any atom is -0.382 e. The minimum atomic E-state index is -4.46. The number of carbonyl (C=O) groups excluding carboxylic acids is 1. The Morgan fingerprint density at radius 3 is 2.72 bits per heavy atom. The zero-order valence-corrected chi connectivity index (χ0v) is 17.3. The second kappa shape index (κ2) is 8.90. The van der Waals surface area contributed by atoms with Crippen LogP contribution in [0.15, 0.2) is 30.5 Å². The number of halogens is 4. The number of amides is 1. The van der Waals surface area contributed by atoms with Crippen molar-refractivity contribution < 1.29 is 22.4 Å². The molecule has 0 saturated carbocycles. The number of anilines is 1. The van der Waals surface area contributed by atoms with E-state index in [4.69, 9.17) is 5.26 Å². The molecule has 2 aliphatic heterocycles. The number of likely N-dealkylation sites (tertiary alicyclic amines) is 2. The third-order valence-corrected chi connectivity index (χ3v) is 6.08. The molecule has 1 unspecified atom stereocenters. The summed E-state index contributed by atoms with van der Waals surface area (Å²) in [4.78, 5) is 19.7. The van der Waals surface area contributed by atoms with Crippen molar-refractivity contribution in [3.8, 4) is 6.07 Å². The van der Waals surface area contributed by atoms with Crippen LogP contribution >= 0.6 is 0 Å². The monoisotopic (exact) mass is 449 g/mol. The Hall–Kier alpha value is -2.93. The number of nitrogens with one attached hydrogen (secondary N) is 1. The van der Waals surface area contributed by atoms with Crippen LogP contribution in [0, 0.1) is 11.3 Å². The summed E-state index contributed by atoms with van der Waals surface area (Å²) in [6.45, 7) is 1.32. The van der Waals surface area contributed by atoms with Gasteiger partial charge in [-0.15, -0.1) is 0 Å². The number of aromatic nitrogens is 1. The van der Waals surface area contributed by atoms with Gasteiger partial charge in [0.1, 0.15) is 12.2 Å². The summed E-state index contributed by atoms with van der Waals surface area (Å²) in [6, 6.07) is 7.58. The Morgan fingerprint density at radius 2 is 2.03 bits per heavy atom. The zero-order chi connectivity index (χ0) is 22.9. The maximum atomic E-state index is 13.6. The summed E-state index contributed by atoms with van der Waals surface area (Å²) >= 11 is 0. The van der Waals surface area contributed by atoms with Crippen molar-refractivity contribution in [1.29, 1.82) is 5.26 Å². The van der Waals surface area contributed by atoms with E-state index < -0.39 is 24.0 Å². The van der Waals surface area contributed by atoms with Crippen LogP contribution in [0.1, 0.15) is 24.8 Å². The van der Waals surface area contributed by atoms with Crippen molar-refractivity contribution in [2.24, 2.45) is 0 Å². The third kappa shape index (κ3) is 4.78. The lowest BCUT2D eigenvalue weighted by Gasteiger charge is -2.33. The van der Waals surface area contributed by atoms with Crippen molar-refractivity contribution in [3.05, 3.63) is 36.0 Å². The van der Waals surface area contributed by atoms with E-state index in [2.05, 4.69) is 10.3 Å². The van der Waals surface area contributed by atoms with Crippen molar-refractivity contribution in [3.63, 3.8) is 0 Å². The zero-order valence-electron chi connectivity index (χ0n) is 17.3. The summed E-state index contributed by atoms with van der Waals surface area (Å²) < 4.78 is 52.9. The van der Waals surface area contributed by atoms with Gasteiger partial charge in [0.25, 0.3) is 0 Å². The molecule has 3 heterocycles. The largest absolute Gasteiger partial charge is 0.417 e. The molecule has 170 valence electrons. The van der Waals surface area contributed by atoms with Crippen LogP contribution in [-0.4, -0.2) is 65.1 Å². The molecule has 4 rings (SSSR count). The first kappa shape index (κ1) is 22.3. The number of nitrogens with zero attached hydrogens (tertiary/aromatic N) is 4. The quantitative estimate of drug-likeness (QED) is 0.723. The summed E-state index contributed by atoms with van der Waals surface area (Å²) in [7, 11) is 0. The van der Waals surface area contributed by atoms with Crippen LogP contribution in [0.25, 0.3) is 10.9 Å². The molecule has 0 radical (unpaired) electrons. The van der Waals surface area contributed by atoms with Gasteiger partial charge in [-0.2, -0.15) is 18.4 Å². The predicted octanol–water partition coefficient (Wildman–Crippen LogP) is 3.59. The Kier molecular flexibility index (Phi) is 6.20. The average Bonchev–Trinajstić information content (AvgIpc) is 3.15. The molecular weight excluding hydrogens is 426 g/mol. The van der Waals surface area contributed by atoms with Crippen molar-refractivity contribution >= 4 is 22.5 Å². The highest BCUT2D eigenvalue weighted by Gasteiger charge is 2.36. The highest BCUT2D eigenvalue weighted by Crippen LogP contribution is 2.33. The molecule has 6 nitrogen and oxygen atoms in total. The van der Waals surface area contributed by atoms with Crippen LogP contribution in [-0.2, 0) is 11.0 Å². The van der Waals surface area contributed by atoms with Crippen LogP contribution in [0.4, 0.5) is 23.2 Å². The summed E-state index contributed by atoms with van der Waals surface area (Å²) in [5.74, 6) is -0.247. The Balaban J connectivity index is 1.37. The first-order chi connectivity index (χ1) is 15.2. The molecule has 0 aliphatic carbocycles. The van der Waals surface area contributed by atoms with Gasteiger partial charge in [0.05, 0.1) is 30.2 Å². The molecule has 1 aromatic heterocycles. The maximum absolute atomic E-state index is 13.6. The average molecular weight is 449 g/mol. The number of hydrogen-bond donors (Lipinski definition) is 1. The van der Waals surface area contributed by atoms with Crippen LogP contribution in [0.2, 0.25) is 0 Å². The lowest BCUT2D eigenvalue weighted by molar-refractivity contribution is -0.137. The maximum Gasteiger partial charge on any atom is 0.417 e. The summed E-state index contributed by atoms with van der Waals surface area (Å²) in [5, 5.41) is 12.9. The molecule has 2 saturated heterocycles. The standard InChI is InChI=1S/C22H23F4N5O/c23-15-9-17(10-27)31(12-15)21(32)13-30-6-4-16(5-7-30)29-20-3-1-2-19-18(20)8-14(11-28-19)22(24,25)26/h1-3,8,11,15-17,29H,4-7,9,12-13H2/t15-,17?/m0/s1. The number of carbonyl (C=O) groups is 1. The summed E-state index contributed by atoms with van der Waals surface area (Å²) in [6.07, 6.45) is -3.33. The SMILES string of the molecule is N#CC1C[C@H](F)CN1C(=O)CN1CCC(Nc2cccc3ncc(C(F)(F)F)cc23)CC1. The smallest absolute Gasteiger partial charge is 0.382 e. The first-order valence-corrected chi connectivity index (χ1v) is 10.5. The van der Waals surface area contributed by atoms with E-state index >= 15 is 0 Å². The number of hydrogen-bond acceptors (Lipinski definition) is 5. The highest BCUT2D eigenvalue weighted by molar-refractivity contribution is 5.91. The van der Waals surface area contributed by atoms with Crippen LogP contribution in [0.3, 0.4) is 0 Å². The summed E-state index contributed by atoms with van der Waals surface area (Å²) in [5.41, 5.74) is 0.286. The number of fused-ring (bicyclic) bond motifs is 1. The topological polar surface area (TPSA) is 72.3 Å². The first-order valence-electron chi connectivity index (χ1n) is 10.5. The molecule has 0 bridgehead atoms. The van der Waals surface area contributed by atoms with Gasteiger partial charge >= 0.3 is 6.18 Å². The Bertz CT molecular complexity index is 1030. The van der Waals surface area contributed by atoms with E-state index in [0.29, 0.717) is 42.5 Å². The number of nitriles is 1. The molecule has 0 spiro atoms. The van der Waals surface area contributed by atoms with Crippen LogP contribution < -0.4 is 5.32 Å². The molecule has 2 atom stereocenters. The molecular formula is C22H23F4N5O. The van der Waals surface area contributed by atoms with Gasteiger partial charge in [-0.1, -0.05) is 6.07 Å². The molecule has 2 aromatic rings. The fraction of sp³-hybridized carbons (Fsp3) is 0.500. The molecule has 1 aromatic carbocycles. The predicted molar refractivity (Wildman–Crippen MR) is 110 cm³/mol. The van der Waals surface area contributed by atoms with E-state index in [-0.39, 0.29) is 31.5 Å². The molecule has 1 N–H and O–H groups in total. The number of pyridine rings is 1. The Labute approximate surface area is 182 Å². The van der Waals surface area contributed by atoms with Crippen molar-refractivity contribution in [1.82, 2.24) is 14.8 Å². The van der Waals surface area contributed by atoms with Gasteiger partial charge in [0.15, 0.2) is 0 Å². The van der Waals surface area contributed by atoms with Gasteiger partial charge < -0.3 is 10.2 Å². The van der Waals surface area contributed by atoms with Crippen molar-refractivity contribution in [2.45, 2.75) is 43.7 Å². The number of benzene rings is 1. The molecule has 32 heavy (non-hydrogen) atoms. The third-order valence-electron chi connectivity index (χ3n) is 6.08. The van der Waals surface area contributed by atoms with Gasteiger partial charge in [0, 0.05) is 42.8 Å². The van der Waals surface area contributed by atoms with Gasteiger partial charge in [-0.3, -0.25) is 14.7 Å². The van der Waals surface area contributed by atoms with Gasteiger partial charge in [0.2, 0.25) is 5.91 Å². The van der Waals surface area contributed by atoms with E-state index in [1.165, 1.54) is 4.90 Å². The number of piperidine rings is 1. The lowest BCUT2D eigenvalue weighted by atomic mass is 10.0. The molecule has 2 aliphatic rings. The van der Waals surface area contributed by atoms with E-state index in [0.717, 1.165) is 12.3 Å². The highest BCUT2D eigenvalue weighted by atomic mass is 19.4. The molecule has 2 fully saturated rings. The molecule has 1 amide bonds. The van der Waals surface area contributed by atoms with Crippen LogP contribution in [0.5, 0.6) is 0 Å². The van der Waals surface area contributed by atoms with Crippen molar-refractivity contribution in [2.75, 3.05) is 31.5 Å². The fourth-order valence-corrected chi connectivity index (χ4v) is 4.35.